The Morgan fingerprint density at radius 1 is 0.449 bits per heavy atom. The van der Waals surface area contributed by atoms with Gasteiger partial charge in [0.05, 0.1) is 33.4 Å². The van der Waals surface area contributed by atoms with Crippen LogP contribution in [0.1, 0.15) is 79.0 Å². The number of furan rings is 1. The molecule has 13 aromatic rings. The molecule has 0 fully saturated rings. The van der Waals surface area contributed by atoms with Gasteiger partial charge in [-0.25, -0.2) is 4.98 Å². The number of hydrogen-bond acceptors (Lipinski definition) is 3. The highest BCUT2D eigenvalue weighted by atomic mass is 16.5. The quantitative estimate of drug-likeness (QED) is 0.127. The monoisotopic (exact) mass is 1010 g/mol. The molecule has 5 heterocycles. The van der Waals surface area contributed by atoms with E-state index in [2.05, 4.69) is 258 Å². The molecule has 0 saturated carbocycles. The standard InChI is InChI=1S/C72H60N4O2/c1-70(2,3)46-29-31-53-51-20-10-11-21-52(51)60-37-45(44-28-33-66-59(36-44)56-23-13-15-27-65(56)78-66)38-64-69(60)75(68-57(58(53)39-46)24-17-25-61(68)72(7,8)9)43-74(64)48-18-16-19-49(41-48)77-50-30-32-55-54-22-12-14-26-62(54)76(63(55)42-50)67-40-47(34-35-73-67)71(4,5)6/h10-42H,1-9H3. The van der Waals surface area contributed by atoms with Crippen molar-refractivity contribution in [3.05, 3.63) is 223 Å². The normalized spacial score (nSPS) is 12.7. The number of imidazole rings is 1. The van der Waals surface area contributed by atoms with Crippen LogP contribution in [-0.2, 0) is 16.2 Å². The number of fused-ring (bicyclic) bond motifs is 13. The molecule has 380 valence electrons. The molecule has 0 radical (unpaired) electrons. The first-order valence-corrected chi connectivity index (χ1v) is 27.2. The zero-order valence-corrected chi connectivity index (χ0v) is 45.7. The van der Waals surface area contributed by atoms with E-state index in [4.69, 9.17) is 14.1 Å². The Hall–Kier alpha value is -9.00. The summed E-state index contributed by atoms with van der Waals surface area (Å²) in [5.41, 5.74) is 20.6. The Kier molecular flexibility index (Phi) is 10.5. The van der Waals surface area contributed by atoms with Crippen molar-refractivity contribution in [2.45, 2.75) is 78.6 Å². The van der Waals surface area contributed by atoms with E-state index < -0.39 is 0 Å². The molecule has 0 bridgehead atoms. The lowest BCUT2D eigenvalue weighted by Gasteiger charge is -2.27. The van der Waals surface area contributed by atoms with Crippen LogP contribution in [0.5, 0.6) is 11.5 Å². The van der Waals surface area contributed by atoms with Crippen LogP contribution in [-0.4, -0.2) is 14.1 Å². The van der Waals surface area contributed by atoms with Crippen LogP contribution in [0.3, 0.4) is 0 Å². The third kappa shape index (κ3) is 7.68. The molecule has 0 atom stereocenters. The minimum absolute atomic E-state index is 0.0374. The van der Waals surface area contributed by atoms with Gasteiger partial charge in [-0.2, -0.15) is 0 Å². The summed E-state index contributed by atoms with van der Waals surface area (Å²) in [6.07, 6.45) is 6.00. The summed E-state index contributed by atoms with van der Waals surface area (Å²) < 4.78 is 20.2. The van der Waals surface area contributed by atoms with E-state index in [1.54, 1.807) is 0 Å². The molecule has 0 spiro atoms. The van der Waals surface area contributed by atoms with Crippen molar-refractivity contribution in [1.29, 1.82) is 0 Å². The number of aromatic nitrogens is 4. The predicted molar refractivity (Wildman–Crippen MR) is 321 cm³/mol. The van der Waals surface area contributed by atoms with Crippen molar-refractivity contribution in [2.24, 2.45) is 0 Å². The lowest BCUT2D eigenvalue weighted by molar-refractivity contribution is -0.572. The SMILES string of the molecule is CC(C)(C)c1ccnc(-n2c3ccccc3c3ccc(Oc4cccc(-n5[c-][n+]6c7c(cc(-c8ccc9oc%10ccccc%10c9c8)cc75)-c5ccccc5-c5ccc(C(C)(C)C)cc5-c5cccc(C(C)(C)C)c5-6)c4)cc32)c1. The molecule has 1 aliphatic rings. The molecule has 6 nitrogen and oxygen atoms in total. The first kappa shape index (κ1) is 47.5. The third-order valence-corrected chi connectivity index (χ3v) is 16.0. The fourth-order valence-electron chi connectivity index (χ4n) is 12.0. The van der Waals surface area contributed by atoms with Gasteiger partial charge in [0.25, 0.3) is 6.33 Å². The van der Waals surface area contributed by atoms with Gasteiger partial charge in [-0.3, -0.25) is 13.7 Å². The molecular formula is C72H60N4O2. The molecule has 0 amide bonds. The van der Waals surface area contributed by atoms with Crippen molar-refractivity contribution in [2.75, 3.05) is 0 Å². The zero-order chi connectivity index (χ0) is 53.4. The summed E-state index contributed by atoms with van der Waals surface area (Å²) in [7, 11) is 0. The van der Waals surface area contributed by atoms with E-state index in [0.717, 1.165) is 100 Å². The van der Waals surface area contributed by atoms with Crippen LogP contribution < -0.4 is 9.30 Å². The van der Waals surface area contributed by atoms with Crippen LogP contribution in [0.2, 0.25) is 0 Å². The average molecular weight is 1010 g/mol. The molecule has 0 aliphatic carbocycles. The van der Waals surface area contributed by atoms with Gasteiger partial charge in [-0.15, -0.1) is 0 Å². The first-order chi connectivity index (χ1) is 37.5. The second-order valence-corrected chi connectivity index (χ2v) is 24.3. The number of hydrogen-bond donors (Lipinski definition) is 0. The maximum atomic E-state index is 6.98. The Morgan fingerprint density at radius 3 is 1.94 bits per heavy atom. The Morgan fingerprint density at radius 2 is 1.13 bits per heavy atom. The maximum absolute atomic E-state index is 6.98. The number of rotatable bonds is 5. The summed E-state index contributed by atoms with van der Waals surface area (Å²) in [4.78, 5) is 4.94. The molecule has 1 aliphatic heterocycles. The van der Waals surface area contributed by atoms with E-state index in [9.17, 15) is 0 Å². The molecule has 9 aromatic carbocycles. The second-order valence-electron chi connectivity index (χ2n) is 24.3. The van der Waals surface area contributed by atoms with Crippen LogP contribution in [0.25, 0.3) is 116 Å². The zero-order valence-electron chi connectivity index (χ0n) is 45.7. The van der Waals surface area contributed by atoms with E-state index in [-0.39, 0.29) is 16.2 Å². The van der Waals surface area contributed by atoms with E-state index in [1.165, 1.54) is 38.8 Å². The molecule has 4 aromatic heterocycles. The van der Waals surface area contributed by atoms with Crippen molar-refractivity contribution in [3.8, 4) is 73.2 Å². The topological polar surface area (TPSA) is 49.0 Å². The van der Waals surface area contributed by atoms with E-state index in [1.807, 2.05) is 24.4 Å². The van der Waals surface area contributed by atoms with Crippen LogP contribution >= 0.6 is 0 Å². The summed E-state index contributed by atoms with van der Waals surface area (Å²) in [5.74, 6) is 2.32. The van der Waals surface area contributed by atoms with Gasteiger partial charge in [0.15, 0.2) is 0 Å². The van der Waals surface area contributed by atoms with Crippen molar-refractivity contribution in [3.63, 3.8) is 0 Å². The van der Waals surface area contributed by atoms with Gasteiger partial charge in [0.2, 0.25) is 0 Å². The minimum atomic E-state index is -0.224. The summed E-state index contributed by atoms with van der Waals surface area (Å²) in [5, 5.41) is 4.50. The largest absolute Gasteiger partial charge is 0.458 e. The van der Waals surface area contributed by atoms with E-state index >= 15 is 0 Å². The van der Waals surface area contributed by atoms with Gasteiger partial charge in [-0.1, -0.05) is 178 Å². The molecule has 14 rings (SSSR count). The van der Waals surface area contributed by atoms with Gasteiger partial charge < -0.3 is 9.15 Å². The fourth-order valence-corrected chi connectivity index (χ4v) is 12.0. The smallest absolute Gasteiger partial charge is 0.269 e. The van der Waals surface area contributed by atoms with Gasteiger partial charge in [0.1, 0.15) is 28.5 Å². The van der Waals surface area contributed by atoms with Crippen LogP contribution in [0.15, 0.2) is 205 Å². The fraction of sp³-hybridized carbons (Fsp3) is 0.167. The number of nitrogens with zero attached hydrogens (tertiary/aromatic N) is 4. The highest BCUT2D eigenvalue weighted by Crippen LogP contribution is 2.48. The molecule has 0 saturated heterocycles. The summed E-state index contributed by atoms with van der Waals surface area (Å²) in [6, 6.07) is 70.4. The van der Waals surface area contributed by atoms with Crippen LogP contribution in [0.4, 0.5) is 0 Å². The summed E-state index contributed by atoms with van der Waals surface area (Å²) >= 11 is 0. The van der Waals surface area contributed by atoms with Crippen LogP contribution in [0, 0.1) is 6.33 Å². The number of ether oxygens (including phenoxy) is 1. The Balaban J connectivity index is 1.01. The summed E-state index contributed by atoms with van der Waals surface area (Å²) in [6.45, 7) is 20.6. The highest BCUT2D eigenvalue weighted by Gasteiger charge is 2.31. The third-order valence-electron chi connectivity index (χ3n) is 16.0. The predicted octanol–water partition coefficient (Wildman–Crippen LogP) is 18.8. The van der Waals surface area contributed by atoms with E-state index in [0.29, 0.717) is 5.75 Å². The number of pyridine rings is 1. The Bertz CT molecular complexity index is 4600. The molecular weight excluding hydrogens is 953 g/mol. The lowest BCUT2D eigenvalue weighted by atomic mass is 9.80. The lowest BCUT2D eigenvalue weighted by Crippen LogP contribution is -2.35. The van der Waals surface area contributed by atoms with Gasteiger partial charge >= 0.3 is 0 Å². The van der Waals surface area contributed by atoms with Crippen molar-refractivity contribution < 1.29 is 13.7 Å². The molecule has 0 N–H and O–H groups in total. The number of para-hydroxylation sites is 3. The Labute approximate surface area is 455 Å². The number of benzene rings is 9. The molecule has 78 heavy (non-hydrogen) atoms. The average Bonchev–Trinajstić information content (AvgIpc) is 4.20. The minimum Gasteiger partial charge on any atom is -0.458 e. The molecule has 0 unspecified atom stereocenters. The van der Waals surface area contributed by atoms with Crippen molar-refractivity contribution in [1.82, 2.24) is 14.1 Å². The molecule has 6 heteroatoms. The highest BCUT2D eigenvalue weighted by molar-refractivity contribution is 6.10. The first-order valence-electron chi connectivity index (χ1n) is 27.2. The van der Waals surface area contributed by atoms with Gasteiger partial charge in [0, 0.05) is 33.8 Å². The van der Waals surface area contributed by atoms with Crippen molar-refractivity contribution >= 4 is 54.8 Å². The van der Waals surface area contributed by atoms with Gasteiger partial charge in [-0.05, 0) is 150 Å². The maximum Gasteiger partial charge on any atom is 0.269 e. The second kappa shape index (κ2) is 17.3.